The van der Waals surface area contributed by atoms with Crippen LogP contribution in [0.5, 0.6) is 0 Å². The molecule has 0 amide bonds. The molecule has 6 unspecified atom stereocenters. The Morgan fingerprint density at radius 3 is 2.40 bits per heavy atom. The summed E-state index contributed by atoms with van der Waals surface area (Å²) in [6.45, 7) is 8.98. The monoisotopic (exact) mass is 286 g/mol. The SMILES string of the molecule is CC(C)C1COCC(CC(C)C2CCOCC2O)C1O. The molecule has 20 heavy (non-hydrogen) atoms. The quantitative estimate of drug-likeness (QED) is 0.826. The molecule has 2 N–H and O–H groups in total. The molecule has 2 aliphatic heterocycles. The van der Waals surface area contributed by atoms with Crippen molar-refractivity contribution >= 4 is 0 Å². The molecule has 0 radical (unpaired) electrons. The Labute approximate surface area is 122 Å². The van der Waals surface area contributed by atoms with Crippen molar-refractivity contribution < 1.29 is 19.7 Å². The molecule has 2 heterocycles. The summed E-state index contributed by atoms with van der Waals surface area (Å²) in [5.41, 5.74) is 0. The van der Waals surface area contributed by atoms with Gasteiger partial charge in [-0.3, -0.25) is 0 Å². The largest absolute Gasteiger partial charge is 0.392 e. The van der Waals surface area contributed by atoms with E-state index < -0.39 is 0 Å². The van der Waals surface area contributed by atoms with E-state index in [4.69, 9.17) is 9.47 Å². The molecule has 0 aliphatic carbocycles. The highest BCUT2D eigenvalue weighted by Gasteiger charge is 2.37. The van der Waals surface area contributed by atoms with Crippen LogP contribution in [0, 0.1) is 29.6 Å². The van der Waals surface area contributed by atoms with E-state index in [-0.39, 0.29) is 30.0 Å². The van der Waals surface area contributed by atoms with Crippen LogP contribution in [-0.4, -0.2) is 48.8 Å². The van der Waals surface area contributed by atoms with Crippen LogP contribution >= 0.6 is 0 Å². The van der Waals surface area contributed by atoms with E-state index in [1.165, 1.54) is 0 Å². The van der Waals surface area contributed by atoms with Gasteiger partial charge in [0.25, 0.3) is 0 Å². The van der Waals surface area contributed by atoms with Crippen molar-refractivity contribution in [1.82, 2.24) is 0 Å². The van der Waals surface area contributed by atoms with Crippen LogP contribution in [0.1, 0.15) is 33.6 Å². The van der Waals surface area contributed by atoms with Gasteiger partial charge in [-0.15, -0.1) is 0 Å². The second kappa shape index (κ2) is 7.21. The zero-order valence-corrected chi connectivity index (χ0v) is 13.0. The molecule has 4 nitrogen and oxygen atoms in total. The third-order valence-electron chi connectivity index (χ3n) is 5.20. The van der Waals surface area contributed by atoms with E-state index in [2.05, 4.69) is 20.8 Å². The Morgan fingerprint density at radius 2 is 1.75 bits per heavy atom. The summed E-state index contributed by atoms with van der Waals surface area (Å²) in [5, 5.41) is 20.6. The van der Waals surface area contributed by atoms with E-state index in [0.717, 1.165) is 19.4 Å². The van der Waals surface area contributed by atoms with Crippen LogP contribution in [0.3, 0.4) is 0 Å². The fraction of sp³-hybridized carbons (Fsp3) is 1.00. The first-order chi connectivity index (χ1) is 9.50. The molecule has 2 saturated heterocycles. The summed E-state index contributed by atoms with van der Waals surface area (Å²) in [4.78, 5) is 0. The molecule has 2 aliphatic rings. The van der Waals surface area contributed by atoms with E-state index in [1.807, 2.05) is 0 Å². The predicted molar refractivity (Wildman–Crippen MR) is 77.4 cm³/mol. The number of aliphatic hydroxyl groups excluding tert-OH is 2. The van der Waals surface area contributed by atoms with Crippen LogP contribution in [0.25, 0.3) is 0 Å². The Morgan fingerprint density at radius 1 is 1.00 bits per heavy atom. The van der Waals surface area contributed by atoms with Crippen molar-refractivity contribution in [3.8, 4) is 0 Å². The zero-order chi connectivity index (χ0) is 14.7. The van der Waals surface area contributed by atoms with Gasteiger partial charge in [-0.25, -0.2) is 0 Å². The summed E-state index contributed by atoms with van der Waals surface area (Å²) < 4.78 is 11.0. The maximum absolute atomic E-state index is 10.5. The van der Waals surface area contributed by atoms with Gasteiger partial charge in [0.05, 0.1) is 32.0 Å². The molecule has 2 rings (SSSR count). The number of ether oxygens (including phenoxy) is 2. The molecule has 4 heteroatoms. The maximum atomic E-state index is 10.5. The van der Waals surface area contributed by atoms with Crippen LogP contribution < -0.4 is 0 Å². The van der Waals surface area contributed by atoms with E-state index in [0.29, 0.717) is 31.7 Å². The van der Waals surface area contributed by atoms with Crippen molar-refractivity contribution in [1.29, 1.82) is 0 Å². The number of hydrogen-bond acceptors (Lipinski definition) is 4. The molecule has 0 aromatic heterocycles. The first kappa shape index (κ1) is 16.2. The molecule has 0 aromatic rings. The molecule has 0 spiro atoms. The highest BCUT2D eigenvalue weighted by Crippen LogP contribution is 2.34. The predicted octanol–water partition coefficient (Wildman–Crippen LogP) is 1.69. The average Bonchev–Trinajstić information content (AvgIpc) is 2.41. The summed E-state index contributed by atoms with van der Waals surface area (Å²) in [6.07, 6.45) is 1.20. The van der Waals surface area contributed by atoms with Crippen molar-refractivity contribution in [3.05, 3.63) is 0 Å². The summed E-state index contributed by atoms with van der Waals surface area (Å²) >= 11 is 0. The van der Waals surface area contributed by atoms with Gasteiger partial charge in [0, 0.05) is 18.4 Å². The third-order valence-corrected chi connectivity index (χ3v) is 5.20. The summed E-state index contributed by atoms with van der Waals surface area (Å²) in [7, 11) is 0. The van der Waals surface area contributed by atoms with Gasteiger partial charge in [-0.1, -0.05) is 20.8 Å². The van der Waals surface area contributed by atoms with Crippen molar-refractivity contribution in [2.45, 2.75) is 45.8 Å². The second-order valence-electron chi connectivity index (χ2n) is 7.00. The number of rotatable bonds is 4. The minimum Gasteiger partial charge on any atom is -0.392 e. The van der Waals surface area contributed by atoms with Crippen molar-refractivity contribution in [2.75, 3.05) is 26.4 Å². The van der Waals surface area contributed by atoms with Gasteiger partial charge >= 0.3 is 0 Å². The second-order valence-corrected chi connectivity index (χ2v) is 7.00. The van der Waals surface area contributed by atoms with Crippen molar-refractivity contribution in [2.24, 2.45) is 29.6 Å². The lowest BCUT2D eigenvalue weighted by Crippen LogP contribution is -2.44. The summed E-state index contributed by atoms with van der Waals surface area (Å²) in [5.74, 6) is 1.55. The highest BCUT2D eigenvalue weighted by atomic mass is 16.5. The van der Waals surface area contributed by atoms with E-state index in [1.54, 1.807) is 0 Å². The first-order valence-corrected chi connectivity index (χ1v) is 8.02. The lowest BCUT2D eigenvalue weighted by Gasteiger charge is -2.40. The van der Waals surface area contributed by atoms with Gasteiger partial charge in [-0.05, 0) is 30.6 Å². The molecule has 6 atom stereocenters. The standard InChI is InChI=1S/C16H30O4/c1-10(2)14-8-20-7-12(16(14)18)6-11(3)13-4-5-19-9-15(13)17/h10-18H,4-9H2,1-3H3. The van der Waals surface area contributed by atoms with Gasteiger partial charge < -0.3 is 19.7 Å². The molecular weight excluding hydrogens is 256 g/mol. The van der Waals surface area contributed by atoms with E-state index >= 15 is 0 Å². The maximum Gasteiger partial charge on any atom is 0.0805 e. The molecule has 0 saturated carbocycles. The normalized spacial score (nSPS) is 40.8. The Balaban J connectivity index is 1.91. The molecular formula is C16H30O4. The Kier molecular flexibility index (Phi) is 5.84. The Hall–Kier alpha value is -0.160. The van der Waals surface area contributed by atoms with Gasteiger partial charge in [0.1, 0.15) is 0 Å². The van der Waals surface area contributed by atoms with Crippen LogP contribution in [0.4, 0.5) is 0 Å². The minimum atomic E-state index is -0.360. The van der Waals surface area contributed by atoms with Crippen LogP contribution in [0.15, 0.2) is 0 Å². The fourth-order valence-corrected chi connectivity index (χ4v) is 3.75. The average molecular weight is 286 g/mol. The third kappa shape index (κ3) is 3.73. The fourth-order valence-electron chi connectivity index (χ4n) is 3.75. The van der Waals surface area contributed by atoms with Gasteiger partial charge in [0.15, 0.2) is 0 Å². The smallest absolute Gasteiger partial charge is 0.0805 e. The lowest BCUT2D eigenvalue weighted by molar-refractivity contribution is -0.109. The van der Waals surface area contributed by atoms with Crippen LogP contribution in [0.2, 0.25) is 0 Å². The molecule has 2 fully saturated rings. The molecule has 0 bridgehead atoms. The molecule has 118 valence electrons. The number of hydrogen-bond donors (Lipinski definition) is 2. The van der Waals surface area contributed by atoms with Gasteiger partial charge in [0.2, 0.25) is 0 Å². The van der Waals surface area contributed by atoms with Crippen molar-refractivity contribution in [3.63, 3.8) is 0 Å². The highest BCUT2D eigenvalue weighted by molar-refractivity contribution is 4.86. The van der Waals surface area contributed by atoms with Crippen LogP contribution in [-0.2, 0) is 9.47 Å². The zero-order valence-electron chi connectivity index (χ0n) is 13.0. The minimum absolute atomic E-state index is 0.196. The first-order valence-electron chi connectivity index (χ1n) is 8.02. The van der Waals surface area contributed by atoms with Gasteiger partial charge in [-0.2, -0.15) is 0 Å². The Bertz CT molecular complexity index is 294. The lowest BCUT2D eigenvalue weighted by atomic mass is 9.75. The number of aliphatic hydroxyl groups is 2. The summed E-state index contributed by atoms with van der Waals surface area (Å²) in [6, 6.07) is 0. The van der Waals surface area contributed by atoms with E-state index in [9.17, 15) is 10.2 Å². The topological polar surface area (TPSA) is 58.9 Å². The molecule has 0 aromatic carbocycles.